The second kappa shape index (κ2) is 8.85. The second-order valence-electron chi connectivity index (χ2n) is 5.80. The van der Waals surface area contributed by atoms with Gasteiger partial charge >= 0.3 is 6.09 Å². The molecule has 0 aliphatic heterocycles. The topological polar surface area (TPSA) is 74.2 Å². The number of ether oxygens (including phenoxy) is 1. The van der Waals surface area contributed by atoms with Crippen molar-refractivity contribution in [3.8, 4) is 6.07 Å². The van der Waals surface area contributed by atoms with Gasteiger partial charge in [-0.2, -0.15) is 5.26 Å². The zero-order valence-corrected chi connectivity index (χ0v) is 13.3. The van der Waals surface area contributed by atoms with Crippen molar-refractivity contribution in [2.24, 2.45) is 0 Å². The van der Waals surface area contributed by atoms with Crippen LogP contribution in [-0.2, 0) is 11.3 Å². The average Bonchev–Trinajstić information content (AvgIpc) is 2.44. The molecule has 1 rings (SSSR count). The summed E-state index contributed by atoms with van der Waals surface area (Å²) in [5, 5.41) is 14.7. The molecule has 5 heteroatoms. The highest BCUT2D eigenvalue weighted by Crippen LogP contribution is 2.06. The van der Waals surface area contributed by atoms with Crippen LogP contribution >= 0.6 is 0 Å². The molecule has 0 saturated carbocycles. The highest BCUT2D eigenvalue weighted by atomic mass is 16.6. The Morgan fingerprint density at radius 3 is 2.73 bits per heavy atom. The molecule has 0 fully saturated rings. The molecule has 0 aromatic heterocycles. The highest BCUT2D eigenvalue weighted by molar-refractivity contribution is 5.67. The quantitative estimate of drug-likeness (QED) is 0.626. The number of rotatable bonds is 6. The third-order valence-corrected chi connectivity index (χ3v) is 2.58. The van der Waals surface area contributed by atoms with E-state index < -0.39 is 11.7 Å². The minimum Gasteiger partial charge on any atom is -0.444 e. The SMILES string of the molecule is CC(C)(C)OC(=O)NC/C=C/CNCc1cccc(C#N)c1. The Kier molecular flexibility index (Phi) is 7.14. The van der Waals surface area contributed by atoms with Crippen LogP contribution in [0.1, 0.15) is 31.9 Å². The lowest BCUT2D eigenvalue weighted by Gasteiger charge is -2.19. The lowest BCUT2D eigenvalue weighted by molar-refractivity contribution is 0.0534. The molecule has 0 aliphatic carbocycles. The third kappa shape index (κ3) is 8.08. The molecule has 1 aromatic carbocycles. The van der Waals surface area contributed by atoms with Crippen LogP contribution in [-0.4, -0.2) is 24.8 Å². The van der Waals surface area contributed by atoms with Gasteiger partial charge in [0.05, 0.1) is 11.6 Å². The molecule has 0 radical (unpaired) electrons. The molecule has 0 heterocycles. The Hall–Kier alpha value is -2.32. The second-order valence-corrected chi connectivity index (χ2v) is 5.80. The average molecular weight is 301 g/mol. The maximum Gasteiger partial charge on any atom is 0.407 e. The van der Waals surface area contributed by atoms with E-state index in [1.54, 1.807) is 6.07 Å². The van der Waals surface area contributed by atoms with Gasteiger partial charge in [0.1, 0.15) is 5.60 Å². The standard InChI is InChI=1S/C17H23N3O2/c1-17(2,3)22-16(21)20-10-5-4-9-19-13-15-8-6-7-14(11-15)12-18/h4-8,11,19H,9-10,13H2,1-3H3,(H,20,21)/b5-4+. The number of alkyl carbamates (subject to hydrolysis) is 1. The molecule has 1 amide bonds. The Balaban J connectivity index is 2.17. The molecule has 0 bridgehead atoms. The van der Waals surface area contributed by atoms with Gasteiger partial charge in [0.15, 0.2) is 0 Å². The molecule has 0 atom stereocenters. The van der Waals surface area contributed by atoms with E-state index in [1.165, 1.54) is 0 Å². The molecule has 22 heavy (non-hydrogen) atoms. The summed E-state index contributed by atoms with van der Waals surface area (Å²) in [6.45, 7) is 7.29. The van der Waals surface area contributed by atoms with Gasteiger partial charge in [-0.15, -0.1) is 0 Å². The minimum absolute atomic E-state index is 0.418. The number of carbonyl (C=O) groups excluding carboxylic acids is 1. The monoisotopic (exact) mass is 301 g/mol. The molecule has 2 N–H and O–H groups in total. The summed E-state index contributed by atoms with van der Waals surface area (Å²) < 4.78 is 5.12. The smallest absolute Gasteiger partial charge is 0.407 e. The molecule has 0 unspecified atom stereocenters. The molecular weight excluding hydrogens is 278 g/mol. The highest BCUT2D eigenvalue weighted by Gasteiger charge is 2.14. The number of carbonyl (C=O) groups is 1. The fourth-order valence-corrected chi connectivity index (χ4v) is 1.67. The van der Waals surface area contributed by atoms with Crippen LogP contribution in [0.3, 0.4) is 0 Å². The fourth-order valence-electron chi connectivity index (χ4n) is 1.67. The number of nitrogens with zero attached hydrogens (tertiary/aromatic N) is 1. The Labute approximate surface area is 132 Å². The van der Waals surface area contributed by atoms with Crippen LogP contribution in [0.15, 0.2) is 36.4 Å². The van der Waals surface area contributed by atoms with E-state index >= 15 is 0 Å². The summed E-state index contributed by atoms with van der Waals surface area (Å²) in [7, 11) is 0. The number of hydrogen-bond acceptors (Lipinski definition) is 4. The van der Waals surface area contributed by atoms with Gasteiger partial charge < -0.3 is 15.4 Å². The number of amides is 1. The molecule has 0 saturated heterocycles. The van der Waals surface area contributed by atoms with Crippen LogP contribution in [0, 0.1) is 11.3 Å². The predicted molar refractivity (Wildman–Crippen MR) is 86.2 cm³/mol. The Bertz CT molecular complexity index is 554. The van der Waals surface area contributed by atoms with Gasteiger partial charge in [0.25, 0.3) is 0 Å². The zero-order chi connectivity index (χ0) is 16.4. The van der Waals surface area contributed by atoms with E-state index in [9.17, 15) is 4.79 Å². The predicted octanol–water partition coefficient (Wildman–Crippen LogP) is 2.73. The van der Waals surface area contributed by atoms with E-state index in [0.717, 1.165) is 5.56 Å². The van der Waals surface area contributed by atoms with Crippen molar-refractivity contribution in [3.63, 3.8) is 0 Å². The van der Waals surface area contributed by atoms with Gasteiger partial charge in [-0.1, -0.05) is 24.3 Å². The van der Waals surface area contributed by atoms with E-state index in [2.05, 4.69) is 16.7 Å². The summed E-state index contributed by atoms with van der Waals surface area (Å²) >= 11 is 0. The van der Waals surface area contributed by atoms with E-state index in [-0.39, 0.29) is 0 Å². The van der Waals surface area contributed by atoms with Gasteiger partial charge in [-0.25, -0.2) is 4.79 Å². The minimum atomic E-state index is -0.479. The van der Waals surface area contributed by atoms with Crippen LogP contribution in [0.2, 0.25) is 0 Å². The maximum absolute atomic E-state index is 11.4. The third-order valence-electron chi connectivity index (χ3n) is 2.58. The maximum atomic E-state index is 11.4. The Morgan fingerprint density at radius 1 is 1.32 bits per heavy atom. The fraction of sp³-hybridized carbons (Fsp3) is 0.412. The summed E-state index contributed by atoms with van der Waals surface area (Å²) in [6.07, 6.45) is 3.38. The molecule has 0 aliphatic rings. The first kappa shape index (κ1) is 17.7. The van der Waals surface area contributed by atoms with Gasteiger partial charge in [0, 0.05) is 19.6 Å². The lowest BCUT2D eigenvalue weighted by atomic mass is 10.1. The van der Waals surface area contributed by atoms with Crippen molar-refractivity contribution in [2.75, 3.05) is 13.1 Å². The largest absolute Gasteiger partial charge is 0.444 e. The van der Waals surface area contributed by atoms with Gasteiger partial charge in [-0.05, 0) is 38.5 Å². The zero-order valence-electron chi connectivity index (χ0n) is 13.3. The first-order valence-electron chi connectivity index (χ1n) is 7.22. The van der Waals surface area contributed by atoms with Crippen molar-refractivity contribution in [1.29, 1.82) is 5.26 Å². The molecular formula is C17H23N3O2. The van der Waals surface area contributed by atoms with Crippen LogP contribution in [0.5, 0.6) is 0 Å². The van der Waals surface area contributed by atoms with Crippen molar-refractivity contribution in [1.82, 2.24) is 10.6 Å². The number of benzene rings is 1. The molecule has 1 aromatic rings. The summed E-state index contributed by atoms with van der Waals surface area (Å²) in [6, 6.07) is 9.61. The van der Waals surface area contributed by atoms with E-state index in [1.807, 2.05) is 51.1 Å². The Morgan fingerprint density at radius 2 is 2.05 bits per heavy atom. The molecule has 0 spiro atoms. The lowest BCUT2D eigenvalue weighted by Crippen LogP contribution is -2.32. The number of nitrogens with one attached hydrogen (secondary N) is 2. The van der Waals surface area contributed by atoms with Gasteiger partial charge in [-0.3, -0.25) is 0 Å². The van der Waals surface area contributed by atoms with Crippen LogP contribution in [0.25, 0.3) is 0 Å². The summed E-state index contributed by atoms with van der Waals surface area (Å²) in [4.78, 5) is 11.4. The van der Waals surface area contributed by atoms with E-state index in [4.69, 9.17) is 10.00 Å². The number of nitriles is 1. The van der Waals surface area contributed by atoms with Crippen molar-refractivity contribution in [3.05, 3.63) is 47.5 Å². The molecule has 118 valence electrons. The van der Waals surface area contributed by atoms with Crippen molar-refractivity contribution in [2.45, 2.75) is 32.9 Å². The van der Waals surface area contributed by atoms with Crippen molar-refractivity contribution < 1.29 is 9.53 Å². The van der Waals surface area contributed by atoms with Gasteiger partial charge in [0.2, 0.25) is 0 Å². The van der Waals surface area contributed by atoms with Crippen LogP contribution < -0.4 is 10.6 Å². The van der Waals surface area contributed by atoms with Crippen LogP contribution in [0.4, 0.5) is 4.79 Å². The van der Waals surface area contributed by atoms with Crippen molar-refractivity contribution >= 4 is 6.09 Å². The summed E-state index contributed by atoms with van der Waals surface area (Å²) in [5.74, 6) is 0. The summed E-state index contributed by atoms with van der Waals surface area (Å²) in [5.41, 5.74) is 1.25. The number of hydrogen-bond donors (Lipinski definition) is 2. The first-order valence-corrected chi connectivity index (χ1v) is 7.22. The van der Waals surface area contributed by atoms with E-state index in [0.29, 0.717) is 25.2 Å². The normalized spacial score (nSPS) is 11.2. The molecule has 5 nitrogen and oxygen atoms in total. The first-order chi connectivity index (χ1) is 10.4.